The predicted molar refractivity (Wildman–Crippen MR) is 68.7 cm³/mol. The van der Waals surface area contributed by atoms with Crippen molar-refractivity contribution in [2.24, 2.45) is 0 Å². The lowest BCUT2D eigenvalue weighted by atomic mass is 10.2. The second-order valence-electron chi connectivity index (χ2n) is 3.51. The molecule has 1 saturated heterocycles. The summed E-state index contributed by atoms with van der Waals surface area (Å²) < 4.78 is 0. The van der Waals surface area contributed by atoms with Crippen LogP contribution in [0.15, 0.2) is 5.38 Å². The van der Waals surface area contributed by atoms with Crippen LogP contribution in [0.3, 0.4) is 0 Å². The summed E-state index contributed by atoms with van der Waals surface area (Å²) in [6, 6.07) is 0. The van der Waals surface area contributed by atoms with Gasteiger partial charge in [0.05, 0.1) is 10.9 Å². The first-order valence-corrected chi connectivity index (χ1v) is 7.63. The van der Waals surface area contributed by atoms with Crippen LogP contribution in [0.25, 0.3) is 0 Å². The van der Waals surface area contributed by atoms with E-state index in [0.717, 1.165) is 12.2 Å². The molecule has 1 aromatic heterocycles. The minimum Gasteiger partial charge on any atom is -0.245 e. The lowest BCUT2D eigenvalue weighted by Gasteiger charge is -2.18. The van der Waals surface area contributed by atoms with Gasteiger partial charge in [-0.15, -0.1) is 11.3 Å². The molecule has 4 heteroatoms. The lowest BCUT2D eigenvalue weighted by molar-refractivity contribution is 0.682. The van der Waals surface area contributed by atoms with Crippen LogP contribution >= 0.6 is 35.7 Å². The number of rotatable bonds is 3. The maximum atomic E-state index is 4.67. The molecule has 0 spiro atoms. The largest absolute Gasteiger partial charge is 0.245 e. The highest BCUT2D eigenvalue weighted by molar-refractivity contribution is 7.99. The van der Waals surface area contributed by atoms with Crippen LogP contribution in [0.1, 0.15) is 35.2 Å². The Labute approximate surface area is 99.1 Å². The van der Waals surface area contributed by atoms with Crippen molar-refractivity contribution >= 4 is 35.7 Å². The van der Waals surface area contributed by atoms with Gasteiger partial charge in [-0.25, -0.2) is 4.98 Å². The number of aryl methyl sites for hydroxylation is 1. The maximum absolute atomic E-state index is 4.67. The van der Waals surface area contributed by atoms with E-state index >= 15 is 0 Å². The Balaban J connectivity index is 2.00. The van der Waals surface area contributed by atoms with Crippen LogP contribution in [0.4, 0.5) is 0 Å². The molecule has 0 amide bonds. The molecule has 14 heavy (non-hydrogen) atoms. The number of thioether (sulfide) groups is 1. The van der Waals surface area contributed by atoms with Crippen molar-refractivity contribution in [1.82, 2.24) is 4.98 Å². The number of hydrogen-bond donors (Lipinski definition) is 1. The molecule has 1 aliphatic rings. The van der Waals surface area contributed by atoms with Gasteiger partial charge in [-0.3, -0.25) is 0 Å². The zero-order valence-corrected chi connectivity index (χ0v) is 10.6. The molecular formula is C10H15NS3. The van der Waals surface area contributed by atoms with E-state index in [1.807, 2.05) is 11.3 Å². The zero-order valence-electron chi connectivity index (χ0n) is 8.11. The zero-order chi connectivity index (χ0) is 9.80. The van der Waals surface area contributed by atoms with E-state index in [2.05, 4.69) is 34.8 Å². The molecule has 0 radical (unpaired) electrons. The standard InChI is InChI=1S/C10H15NS3/c12-5-4-8-7-14-10(11-8)9-3-1-2-6-13-9/h7,9,12H,1-6H2. The first-order chi connectivity index (χ1) is 6.90. The van der Waals surface area contributed by atoms with Crippen LogP contribution in [0, 0.1) is 0 Å². The minimum atomic E-state index is 0.683. The molecule has 1 aromatic rings. The average Bonchev–Trinajstić information content (AvgIpc) is 2.68. The fourth-order valence-corrected chi connectivity index (χ4v) is 4.29. The number of aromatic nitrogens is 1. The van der Waals surface area contributed by atoms with Crippen LogP contribution in [0.5, 0.6) is 0 Å². The van der Waals surface area contributed by atoms with Crippen molar-refractivity contribution < 1.29 is 0 Å². The molecule has 0 N–H and O–H groups in total. The Kier molecular flexibility index (Phi) is 4.20. The summed E-state index contributed by atoms with van der Waals surface area (Å²) in [5.74, 6) is 2.22. The number of thiazole rings is 1. The molecule has 0 aliphatic carbocycles. The molecule has 78 valence electrons. The molecule has 2 rings (SSSR count). The predicted octanol–water partition coefficient (Wildman–Crippen LogP) is 3.57. The van der Waals surface area contributed by atoms with Gasteiger partial charge in [0.15, 0.2) is 0 Å². The second kappa shape index (κ2) is 5.42. The fourth-order valence-electron chi connectivity index (χ4n) is 1.64. The van der Waals surface area contributed by atoms with Gasteiger partial charge < -0.3 is 0 Å². The van der Waals surface area contributed by atoms with Gasteiger partial charge in [0.1, 0.15) is 5.01 Å². The van der Waals surface area contributed by atoms with Crippen molar-refractivity contribution in [2.75, 3.05) is 11.5 Å². The topological polar surface area (TPSA) is 12.9 Å². The first-order valence-electron chi connectivity index (χ1n) is 5.07. The Morgan fingerprint density at radius 3 is 3.14 bits per heavy atom. The highest BCUT2D eigenvalue weighted by atomic mass is 32.2. The third-order valence-electron chi connectivity index (χ3n) is 2.39. The first kappa shape index (κ1) is 10.8. The molecule has 0 aromatic carbocycles. The minimum absolute atomic E-state index is 0.683. The van der Waals surface area contributed by atoms with E-state index in [9.17, 15) is 0 Å². The third kappa shape index (κ3) is 2.67. The van der Waals surface area contributed by atoms with Crippen molar-refractivity contribution in [3.05, 3.63) is 16.1 Å². The highest BCUT2D eigenvalue weighted by Crippen LogP contribution is 2.39. The van der Waals surface area contributed by atoms with Gasteiger partial charge in [0, 0.05) is 5.38 Å². The summed E-state index contributed by atoms with van der Waals surface area (Å²) >= 11 is 8.13. The van der Waals surface area contributed by atoms with Crippen molar-refractivity contribution in [2.45, 2.75) is 30.9 Å². The molecule has 2 heterocycles. The van der Waals surface area contributed by atoms with Crippen LogP contribution < -0.4 is 0 Å². The normalized spacial score (nSPS) is 22.5. The summed E-state index contributed by atoms with van der Waals surface area (Å²) in [7, 11) is 0. The third-order valence-corrected chi connectivity index (χ3v) is 5.16. The number of thiol groups is 1. The van der Waals surface area contributed by atoms with Gasteiger partial charge in [0.2, 0.25) is 0 Å². The van der Waals surface area contributed by atoms with Crippen LogP contribution in [0.2, 0.25) is 0 Å². The molecule has 1 atom stereocenters. The fraction of sp³-hybridized carbons (Fsp3) is 0.700. The summed E-state index contributed by atoms with van der Waals surface area (Å²) in [6.07, 6.45) is 5.09. The van der Waals surface area contributed by atoms with Gasteiger partial charge >= 0.3 is 0 Å². The van der Waals surface area contributed by atoms with Gasteiger partial charge in [0.25, 0.3) is 0 Å². The van der Waals surface area contributed by atoms with Gasteiger partial charge in [-0.1, -0.05) is 6.42 Å². The Bertz CT molecular complexity index is 279. The molecule has 1 fully saturated rings. The van der Waals surface area contributed by atoms with E-state index in [4.69, 9.17) is 0 Å². The van der Waals surface area contributed by atoms with Crippen molar-refractivity contribution in [3.63, 3.8) is 0 Å². The van der Waals surface area contributed by atoms with Crippen LogP contribution in [-0.4, -0.2) is 16.5 Å². The quantitative estimate of drug-likeness (QED) is 0.818. The smallest absolute Gasteiger partial charge is 0.106 e. The summed E-state index contributed by atoms with van der Waals surface area (Å²) in [4.78, 5) is 4.67. The Morgan fingerprint density at radius 2 is 2.43 bits per heavy atom. The Morgan fingerprint density at radius 1 is 1.50 bits per heavy atom. The SMILES string of the molecule is SCCc1csc(C2CCCCS2)n1. The molecule has 1 nitrogen and oxygen atoms in total. The highest BCUT2D eigenvalue weighted by Gasteiger charge is 2.18. The molecule has 0 saturated carbocycles. The van der Waals surface area contributed by atoms with E-state index in [1.165, 1.54) is 35.7 Å². The lowest BCUT2D eigenvalue weighted by Crippen LogP contribution is -2.01. The van der Waals surface area contributed by atoms with Gasteiger partial charge in [-0.05, 0) is 30.8 Å². The summed E-state index contributed by atoms with van der Waals surface area (Å²) in [5, 5.41) is 4.22. The second-order valence-corrected chi connectivity index (χ2v) is 6.15. The number of hydrogen-bond acceptors (Lipinski definition) is 4. The molecule has 0 bridgehead atoms. The maximum Gasteiger partial charge on any atom is 0.106 e. The van der Waals surface area contributed by atoms with E-state index in [-0.39, 0.29) is 0 Å². The van der Waals surface area contributed by atoms with Gasteiger partial charge in [-0.2, -0.15) is 24.4 Å². The van der Waals surface area contributed by atoms with Crippen molar-refractivity contribution in [3.8, 4) is 0 Å². The molecule has 1 unspecified atom stereocenters. The van der Waals surface area contributed by atoms with Crippen LogP contribution in [-0.2, 0) is 6.42 Å². The molecular weight excluding hydrogens is 230 g/mol. The summed E-state index contributed by atoms with van der Waals surface area (Å²) in [5.41, 5.74) is 1.23. The number of nitrogens with zero attached hydrogens (tertiary/aromatic N) is 1. The van der Waals surface area contributed by atoms with Crippen molar-refractivity contribution in [1.29, 1.82) is 0 Å². The van der Waals surface area contributed by atoms with E-state index < -0.39 is 0 Å². The van der Waals surface area contributed by atoms with E-state index in [0.29, 0.717) is 5.25 Å². The average molecular weight is 245 g/mol. The monoisotopic (exact) mass is 245 g/mol. The Hall–Kier alpha value is 0.330. The molecule has 1 aliphatic heterocycles. The van der Waals surface area contributed by atoms with E-state index in [1.54, 1.807) is 0 Å². The summed E-state index contributed by atoms with van der Waals surface area (Å²) in [6.45, 7) is 0.